The maximum absolute atomic E-state index is 16.0. The average molecular weight is 568 g/mol. The van der Waals surface area contributed by atoms with Gasteiger partial charge in [-0.1, -0.05) is 6.07 Å². The van der Waals surface area contributed by atoms with Gasteiger partial charge in [0.1, 0.15) is 11.6 Å². The number of rotatable bonds is 9. The first-order valence-electron chi connectivity index (χ1n) is 12.7. The minimum atomic E-state index is -1.69. The van der Waals surface area contributed by atoms with Gasteiger partial charge in [-0.15, -0.1) is 0 Å². The molecule has 13 heteroatoms. The molecule has 1 saturated carbocycles. The molecular weight excluding hydrogens is 540 g/mol. The van der Waals surface area contributed by atoms with E-state index < -0.39 is 29.0 Å². The number of aryl methyl sites for hydroxylation is 1. The van der Waals surface area contributed by atoms with E-state index >= 15 is 8.78 Å². The number of pyridine rings is 1. The summed E-state index contributed by atoms with van der Waals surface area (Å²) in [7, 11) is 2.95. The minimum absolute atomic E-state index is 0.0523. The molecule has 0 atom stereocenters. The number of hydrogen-bond acceptors (Lipinski definition) is 9. The van der Waals surface area contributed by atoms with Crippen LogP contribution < -0.4 is 31.1 Å². The second-order valence-electron chi connectivity index (χ2n) is 9.68. The molecule has 1 aliphatic rings. The highest BCUT2D eigenvalue weighted by Gasteiger charge is 2.29. The van der Waals surface area contributed by atoms with Gasteiger partial charge in [0.2, 0.25) is 11.4 Å². The van der Waals surface area contributed by atoms with Crippen LogP contribution in [0.15, 0.2) is 35.4 Å². The first-order valence-corrected chi connectivity index (χ1v) is 12.7. The SMILES string of the molecule is COc1cc(Cc2cnc(N)nc2N)cc(CCc2c(F)cc3c(=O)c(OC(=O)O)cn(C4CC4)c3c2F)c1OC. The number of anilines is 2. The normalized spacial score (nSPS) is 12.9. The van der Waals surface area contributed by atoms with E-state index in [4.69, 9.17) is 26.0 Å². The Kier molecular flexibility index (Phi) is 7.35. The zero-order valence-corrected chi connectivity index (χ0v) is 22.2. The molecule has 1 aliphatic carbocycles. The van der Waals surface area contributed by atoms with Gasteiger partial charge in [0, 0.05) is 29.8 Å². The Morgan fingerprint density at radius 1 is 1.10 bits per heavy atom. The quantitative estimate of drug-likeness (QED) is 0.252. The predicted molar refractivity (Wildman–Crippen MR) is 146 cm³/mol. The van der Waals surface area contributed by atoms with Crippen molar-refractivity contribution in [1.29, 1.82) is 0 Å². The fourth-order valence-electron chi connectivity index (χ4n) is 4.94. The second-order valence-corrected chi connectivity index (χ2v) is 9.68. The molecular formula is C28H27F2N5O6. The molecule has 214 valence electrons. The molecule has 41 heavy (non-hydrogen) atoms. The van der Waals surface area contributed by atoms with E-state index in [9.17, 15) is 9.59 Å². The van der Waals surface area contributed by atoms with E-state index in [0.717, 1.165) is 11.6 Å². The van der Waals surface area contributed by atoms with Crippen molar-refractivity contribution >= 4 is 28.8 Å². The van der Waals surface area contributed by atoms with Crippen LogP contribution in [0.3, 0.4) is 0 Å². The van der Waals surface area contributed by atoms with Gasteiger partial charge in [-0.3, -0.25) is 4.79 Å². The van der Waals surface area contributed by atoms with Gasteiger partial charge in [-0.05, 0) is 48.9 Å². The summed E-state index contributed by atoms with van der Waals surface area (Å²) in [6.07, 6.45) is 2.83. The third-order valence-corrected chi connectivity index (χ3v) is 6.98. The average Bonchev–Trinajstić information content (AvgIpc) is 3.77. The Balaban J connectivity index is 1.54. The highest BCUT2D eigenvalue weighted by molar-refractivity contribution is 5.83. The highest BCUT2D eigenvalue weighted by Crippen LogP contribution is 2.40. The van der Waals surface area contributed by atoms with Crippen molar-refractivity contribution in [2.75, 3.05) is 25.7 Å². The maximum Gasteiger partial charge on any atom is 0.511 e. The number of nitrogens with two attached hydrogens (primary N) is 2. The highest BCUT2D eigenvalue weighted by atomic mass is 19.1. The van der Waals surface area contributed by atoms with E-state index in [1.807, 2.05) is 6.07 Å². The van der Waals surface area contributed by atoms with Gasteiger partial charge < -0.3 is 35.4 Å². The van der Waals surface area contributed by atoms with Gasteiger partial charge in [0.25, 0.3) is 0 Å². The minimum Gasteiger partial charge on any atom is -0.493 e. The third kappa shape index (κ3) is 5.42. The first-order chi connectivity index (χ1) is 19.6. The lowest BCUT2D eigenvalue weighted by atomic mass is 9.97. The number of fused-ring (bicyclic) bond motifs is 1. The summed E-state index contributed by atoms with van der Waals surface area (Å²) in [5, 5.41) is 8.70. The molecule has 2 aromatic heterocycles. The molecule has 4 aromatic rings. The van der Waals surface area contributed by atoms with E-state index in [1.54, 1.807) is 6.07 Å². The zero-order valence-electron chi connectivity index (χ0n) is 22.2. The fraction of sp³-hybridized carbons (Fsp3) is 0.286. The number of ether oxygens (including phenoxy) is 3. The number of nitrogen functional groups attached to an aromatic ring is 2. The lowest BCUT2D eigenvalue weighted by Gasteiger charge is -2.17. The molecule has 1 fully saturated rings. The lowest BCUT2D eigenvalue weighted by molar-refractivity contribution is 0.143. The number of nitrogens with zero attached hydrogens (tertiary/aromatic N) is 3. The van der Waals surface area contributed by atoms with Crippen LogP contribution in [0.1, 0.15) is 41.1 Å². The summed E-state index contributed by atoms with van der Waals surface area (Å²) in [5.74, 6) is -1.23. The molecule has 5 N–H and O–H groups in total. The van der Waals surface area contributed by atoms with Crippen LogP contribution in [0, 0.1) is 11.6 Å². The standard InChI is InChI=1S/C28H27F2N5O6/c1-39-20-9-13(8-15-11-33-27(32)34-26(15)31)7-14(25(20)40-2)3-6-17-19(29)10-18-23(22(17)30)35(16-4-5-16)12-21(24(18)36)41-28(37)38/h7,9-12,16H,3-6,8H2,1-2H3,(H,37,38)(H4,31,32,33,34). The van der Waals surface area contributed by atoms with E-state index in [2.05, 4.69) is 14.7 Å². The monoisotopic (exact) mass is 567 g/mol. The van der Waals surface area contributed by atoms with Crippen LogP contribution in [0.2, 0.25) is 0 Å². The number of carbonyl (C=O) groups is 1. The van der Waals surface area contributed by atoms with Crippen LogP contribution in [-0.4, -0.2) is 40.0 Å². The molecule has 0 spiro atoms. The Morgan fingerprint density at radius 3 is 2.49 bits per heavy atom. The van der Waals surface area contributed by atoms with E-state index in [-0.39, 0.29) is 47.1 Å². The summed E-state index contributed by atoms with van der Waals surface area (Å²) in [6.45, 7) is 0. The van der Waals surface area contributed by atoms with Crippen molar-refractivity contribution in [2.24, 2.45) is 0 Å². The number of carboxylic acid groups (broad SMARTS) is 1. The topological polar surface area (TPSA) is 165 Å². The van der Waals surface area contributed by atoms with Gasteiger partial charge >= 0.3 is 6.16 Å². The number of aromatic nitrogens is 3. The van der Waals surface area contributed by atoms with Crippen LogP contribution in [0.25, 0.3) is 10.9 Å². The van der Waals surface area contributed by atoms with Crippen molar-refractivity contribution in [1.82, 2.24) is 14.5 Å². The number of hydrogen-bond donors (Lipinski definition) is 3. The van der Waals surface area contributed by atoms with Crippen molar-refractivity contribution in [3.63, 3.8) is 0 Å². The Morgan fingerprint density at radius 2 is 1.85 bits per heavy atom. The third-order valence-electron chi connectivity index (χ3n) is 6.98. The van der Waals surface area contributed by atoms with Crippen molar-refractivity contribution in [3.8, 4) is 17.2 Å². The molecule has 0 bridgehead atoms. The molecule has 0 amide bonds. The van der Waals surface area contributed by atoms with Crippen LogP contribution >= 0.6 is 0 Å². The molecule has 11 nitrogen and oxygen atoms in total. The van der Waals surface area contributed by atoms with Crippen molar-refractivity contribution < 1.29 is 32.9 Å². The molecule has 0 unspecified atom stereocenters. The Bertz CT molecular complexity index is 1740. The number of methoxy groups -OCH3 is 2. The van der Waals surface area contributed by atoms with E-state index in [0.29, 0.717) is 41.9 Å². The number of benzene rings is 2. The van der Waals surface area contributed by atoms with Gasteiger partial charge in [-0.25, -0.2) is 18.6 Å². The molecule has 2 heterocycles. The maximum atomic E-state index is 16.0. The molecule has 5 rings (SSSR count). The molecule has 0 saturated heterocycles. The molecule has 2 aromatic carbocycles. The fourth-order valence-corrected chi connectivity index (χ4v) is 4.94. The van der Waals surface area contributed by atoms with Crippen LogP contribution in [0.5, 0.6) is 17.2 Å². The van der Waals surface area contributed by atoms with Gasteiger partial charge in [-0.2, -0.15) is 4.98 Å². The largest absolute Gasteiger partial charge is 0.511 e. The van der Waals surface area contributed by atoms with Crippen LogP contribution in [0.4, 0.5) is 25.3 Å². The van der Waals surface area contributed by atoms with Crippen molar-refractivity contribution in [2.45, 2.75) is 38.1 Å². The smallest absolute Gasteiger partial charge is 0.493 e. The molecule has 0 radical (unpaired) electrons. The predicted octanol–water partition coefficient (Wildman–Crippen LogP) is 4.02. The second kappa shape index (κ2) is 10.9. The first kappa shape index (κ1) is 27.6. The Labute approximate surface area is 232 Å². The Hall–Kier alpha value is -4.94. The van der Waals surface area contributed by atoms with Crippen LogP contribution in [-0.2, 0) is 19.3 Å². The number of halogens is 2. The molecule has 0 aliphatic heterocycles. The van der Waals surface area contributed by atoms with E-state index in [1.165, 1.54) is 31.2 Å². The summed E-state index contributed by atoms with van der Waals surface area (Å²) in [4.78, 5) is 31.9. The summed E-state index contributed by atoms with van der Waals surface area (Å²) >= 11 is 0. The summed E-state index contributed by atoms with van der Waals surface area (Å²) < 4.78 is 48.4. The van der Waals surface area contributed by atoms with Gasteiger partial charge in [0.15, 0.2) is 23.1 Å². The lowest BCUT2D eigenvalue weighted by Crippen LogP contribution is -2.18. The summed E-state index contributed by atoms with van der Waals surface area (Å²) in [5.41, 5.74) is 12.4. The summed E-state index contributed by atoms with van der Waals surface area (Å²) in [6, 6.07) is 4.36. The van der Waals surface area contributed by atoms with Crippen molar-refractivity contribution in [3.05, 3.63) is 74.7 Å². The van der Waals surface area contributed by atoms with Gasteiger partial charge in [0.05, 0.1) is 31.3 Å². The zero-order chi connectivity index (χ0) is 29.4.